The Morgan fingerprint density at radius 3 is 2.73 bits per heavy atom. The van der Waals surface area contributed by atoms with Crippen LogP contribution in [-0.2, 0) is 6.54 Å². The Morgan fingerprint density at radius 1 is 1.14 bits per heavy atom. The normalized spacial score (nSPS) is 13.5. The van der Waals surface area contributed by atoms with Gasteiger partial charge < -0.3 is 20.1 Å². The summed E-state index contributed by atoms with van der Waals surface area (Å²) in [7, 11) is 0. The van der Waals surface area contributed by atoms with E-state index in [1.165, 1.54) is 5.56 Å². The Morgan fingerprint density at radius 2 is 1.91 bits per heavy atom. The molecule has 0 saturated heterocycles. The van der Waals surface area contributed by atoms with Crippen molar-refractivity contribution in [1.82, 2.24) is 10.6 Å². The van der Waals surface area contributed by atoms with Crippen LogP contribution in [0.15, 0.2) is 48.5 Å². The van der Waals surface area contributed by atoms with Crippen LogP contribution in [0.5, 0.6) is 11.5 Å². The lowest BCUT2D eigenvalue weighted by Crippen LogP contribution is -2.36. The fourth-order valence-electron chi connectivity index (χ4n) is 2.29. The van der Waals surface area contributed by atoms with Gasteiger partial charge in [-0.1, -0.05) is 36.4 Å². The van der Waals surface area contributed by atoms with Gasteiger partial charge in [0.1, 0.15) is 0 Å². The van der Waals surface area contributed by atoms with Crippen LogP contribution in [0.4, 0.5) is 0 Å². The molecule has 1 unspecified atom stereocenters. The van der Waals surface area contributed by atoms with E-state index in [0.717, 1.165) is 17.1 Å². The zero-order chi connectivity index (χ0) is 15.4. The summed E-state index contributed by atoms with van der Waals surface area (Å²) in [5.41, 5.74) is 2.30. The van der Waals surface area contributed by atoms with Crippen LogP contribution < -0.4 is 20.1 Å². The molecule has 114 valence electrons. The maximum absolute atomic E-state index is 5.40. The minimum Gasteiger partial charge on any atom is -0.454 e. The van der Waals surface area contributed by atoms with Crippen molar-refractivity contribution in [1.29, 1.82) is 0 Å². The van der Waals surface area contributed by atoms with Crippen LogP contribution >= 0.6 is 12.2 Å². The summed E-state index contributed by atoms with van der Waals surface area (Å²) in [5, 5.41) is 7.13. The molecular formula is C17H18N2O2S. The van der Waals surface area contributed by atoms with Gasteiger partial charge in [-0.2, -0.15) is 0 Å². The maximum atomic E-state index is 5.40. The van der Waals surface area contributed by atoms with Crippen LogP contribution in [0.25, 0.3) is 0 Å². The SMILES string of the molecule is CC(NC(=S)NCc1ccccc1)c1ccc2c(c1)OCO2. The predicted molar refractivity (Wildman–Crippen MR) is 90.0 cm³/mol. The highest BCUT2D eigenvalue weighted by Gasteiger charge is 2.16. The molecule has 0 amide bonds. The highest BCUT2D eigenvalue weighted by molar-refractivity contribution is 7.80. The molecule has 1 atom stereocenters. The first-order chi connectivity index (χ1) is 10.7. The van der Waals surface area contributed by atoms with E-state index >= 15 is 0 Å². The molecule has 2 N–H and O–H groups in total. The topological polar surface area (TPSA) is 42.5 Å². The lowest BCUT2D eigenvalue weighted by Gasteiger charge is -2.17. The average molecular weight is 314 g/mol. The molecule has 0 aromatic heterocycles. The molecule has 2 aromatic carbocycles. The number of hydrogen-bond donors (Lipinski definition) is 2. The first-order valence-corrected chi connectivity index (χ1v) is 7.61. The third-order valence-corrected chi connectivity index (χ3v) is 3.80. The van der Waals surface area contributed by atoms with Crippen molar-refractivity contribution >= 4 is 17.3 Å². The van der Waals surface area contributed by atoms with E-state index in [4.69, 9.17) is 21.7 Å². The average Bonchev–Trinajstić information content (AvgIpc) is 3.01. The van der Waals surface area contributed by atoms with Gasteiger partial charge in [0.2, 0.25) is 6.79 Å². The number of thiocarbonyl (C=S) groups is 1. The van der Waals surface area contributed by atoms with Crippen LogP contribution in [0, 0.1) is 0 Å². The number of rotatable bonds is 4. The largest absolute Gasteiger partial charge is 0.454 e. The minimum atomic E-state index is 0.0882. The molecule has 0 saturated carbocycles. The molecule has 4 nitrogen and oxygen atoms in total. The van der Waals surface area contributed by atoms with Crippen LogP contribution in [0.3, 0.4) is 0 Å². The molecule has 22 heavy (non-hydrogen) atoms. The Balaban J connectivity index is 1.55. The Bertz CT molecular complexity index is 661. The molecule has 1 heterocycles. The van der Waals surface area contributed by atoms with Crippen molar-refractivity contribution in [3.63, 3.8) is 0 Å². The smallest absolute Gasteiger partial charge is 0.231 e. The summed E-state index contributed by atoms with van der Waals surface area (Å²) in [5.74, 6) is 1.58. The monoisotopic (exact) mass is 314 g/mol. The fraction of sp³-hybridized carbons (Fsp3) is 0.235. The second kappa shape index (κ2) is 6.66. The highest BCUT2D eigenvalue weighted by Crippen LogP contribution is 2.34. The zero-order valence-electron chi connectivity index (χ0n) is 12.3. The summed E-state index contributed by atoms with van der Waals surface area (Å²) >= 11 is 5.35. The van der Waals surface area contributed by atoms with Gasteiger partial charge in [0.05, 0.1) is 6.04 Å². The van der Waals surface area contributed by atoms with Crippen molar-refractivity contribution in [2.45, 2.75) is 19.5 Å². The van der Waals surface area contributed by atoms with Crippen molar-refractivity contribution in [3.8, 4) is 11.5 Å². The van der Waals surface area contributed by atoms with Gasteiger partial charge in [0.15, 0.2) is 16.6 Å². The van der Waals surface area contributed by atoms with E-state index in [2.05, 4.69) is 29.7 Å². The molecule has 1 aliphatic rings. The van der Waals surface area contributed by atoms with Gasteiger partial charge in [-0.05, 0) is 42.4 Å². The van der Waals surface area contributed by atoms with E-state index in [0.29, 0.717) is 11.7 Å². The molecule has 0 aliphatic carbocycles. The molecule has 0 spiro atoms. The van der Waals surface area contributed by atoms with Gasteiger partial charge in [-0.3, -0.25) is 0 Å². The zero-order valence-corrected chi connectivity index (χ0v) is 13.2. The van der Waals surface area contributed by atoms with Crippen LogP contribution in [0.1, 0.15) is 24.1 Å². The van der Waals surface area contributed by atoms with Crippen molar-refractivity contribution in [2.75, 3.05) is 6.79 Å². The molecule has 5 heteroatoms. The van der Waals surface area contributed by atoms with E-state index < -0.39 is 0 Å². The van der Waals surface area contributed by atoms with Crippen molar-refractivity contribution < 1.29 is 9.47 Å². The van der Waals surface area contributed by atoms with Gasteiger partial charge in [-0.15, -0.1) is 0 Å². The lowest BCUT2D eigenvalue weighted by molar-refractivity contribution is 0.174. The molecule has 1 aliphatic heterocycles. The standard InChI is InChI=1S/C17H18N2O2S/c1-12(14-7-8-15-16(9-14)21-11-20-15)19-17(22)18-10-13-5-3-2-4-6-13/h2-9,12H,10-11H2,1H3,(H2,18,19,22). The number of nitrogens with one attached hydrogen (secondary N) is 2. The molecular weight excluding hydrogens is 296 g/mol. The molecule has 0 bridgehead atoms. The first-order valence-electron chi connectivity index (χ1n) is 7.20. The Hall–Kier alpha value is -2.27. The highest BCUT2D eigenvalue weighted by atomic mass is 32.1. The summed E-state index contributed by atoms with van der Waals surface area (Å²) < 4.78 is 10.7. The minimum absolute atomic E-state index is 0.0882. The van der Waals surface area contributed by atoms with Crippen LogP contribution in [0.2, 0.25) is 0 Å². The summed E-state index contributed by atoms with van der Waals surface area (Å²) in [6.45, 7) is 3.06. The van der Waals surface area contributed by atoms with Gasteiger partial charge in [0, 0.05) is 6.54 Å². The predicted octanol–water partition coefficient (Wildman–Crippen LogP) is 3.14. The molecule has 2 aromatic rings. The Kier molecular flexibility index (Phi) is 4.44. The van der Waals surface area contributed by atoms with Crippen molar-refractivity contribution in [3.05, 3.63) is 59.7 Å². The number of benzene rings is 2. The van der Waals surface area contributed by atoms with Gasteiger partial charge in [-0.25, -0.2) is 0 Å². The summed E-state index contributed by atoms with van der Waals surface area (Å²) in [6, 6.07) is 16.2. The molecule has 0 fully saturated rings. The van der Waals surface area contributed by atoms with E-state index in [1.54, 1.807) is 0 Å². The third-order valence-electron chi connectivity index (χ3n) is 3.54. The molecule has 0 radical (unpaired) electrons. The van der Waals surface area contributed by atoms with E-state index in [-0.39, 0.29) is 12.8 Å². The first kappa shape index (κ1) is 14.7. The molecule has 3 rings (SSSR count). The third kappa shape index (κ3) is 3.49. The van der Waals surface area contributed by atoms with E-state index in [1.807, 2.05) is 36.4 Å². The summed E-state index contributed by atoms with van der Waals surface area (Å²) in [4.78, 5) is 0. The van der Waals surface area contributed by atoms with Gasteiger partial charge >= 0.3 is 0 Å². The van der Waals surface area contributed by atoms with Crippen LogP contribution in [-0.4, -0.2) is 11.9 Å². The van der Waals surface area contributed by atoms with E-state index in [9.17, 15) is 0 Å². The maximum Gasteiger partial charge on any atom is 0.231 e. The number of hydrogen-bond acceptors (Lipinski definition) is 3. The van der Waals surface area contributed by atoms with Gasteiger partial charge in [0.25, 0.3) is 0 Å². The second-order valence-electron chi connectivity index (χ2n) is 5.15. The fourth-order valence-corrected chi connectivity index (χ4v) is 2.54. The lowest BCUT2D eigenvalue weighted by atomic mass is 10.1. The van der Waals surface area contributed by atoms with Crippen molar-refractivity contribution in [2.24, 2.45) is 0 Å². The number of fused-ring (bicyclic) bond motifs is 1. The quantitative estimate of drug-likeness (QED) is 0.849. The summed E-state index contributed by atoms with van der Waals surface area (Å²) in [6.07, 6.45) is 0. The second-order valence-corrected chi connectivity index (χ2v) is 5.56. The Labute approximate surface area is 135 Å². The number of ether oxygens (including phenoxy) is 2.